The Hall–Kier alpha value is -1.20. The largest absolute Gasteiger partial charge is 0.380 e. The first kappa shape index (κ1) is 15.2. The summed E-state index contributed by atoms with van der Waals surface area (Å²) in [6.07, 6.45) is 3.91. The smallest absolute Gasteiger partial charge is 0.130 e. The van der Waals surface area contributed by atoms with Crippen molar-refractivity contribution in [2.24, 2.45) is 0 Å². The summed E-state index contributed by atoms with van der Waals surface area (Å²) >= 11 is 0. The molecule has 5 nitrogen and oxygen atoms in total. The van der Waals surface area contributed by atoms with Gasteiger partial charge in [-0.15, -0.1) is 0 Å². The Morgan fingerprint density at radius 1 is 1.15 bits per heavy atom. The molecule has 0 unspecified atom stereocenters. The van der Waals surface area contributed by atoms with Crippen molar-refractivity contribution in [2.45, 2.75) is 26.7 Å². The molecule has 20 heavy (non-hydrogen) atoms. The highest BCUT2D eigenvalue weighted by Gasteiger charge is 2.17. The highest BCUT2D eigenvalue weighted by molar-refractivity contribution is 5.42. The van der Waals surface area contributed by atoms with Crippen molar-refractivity contribution in [2.75, 3.05) is 50.8 Å². The van der Waals surface area contributed by atoms with E-state index in [1.54, 1.807) is 0 Å². The van der Waals surface area contributed by atoms with Crippen LogP contribution in [-0.2, 0) is 4.74 Å². The average Bonchev–Trinajstić information content (AvgIpc) is 2.48. The Balaban J connectivity index is 1.81. The summed E-state index contributed by atoms with van der Waals surface area (Å²) < 4.78 is 5.41. The van der Waals surface area contributed by atoms with Crippen LogP contribution in [0.1, 0.15) is 32.5 Å². The normalized spacial score (nSPS) is 16.9. The van der Waals surface area contributed by atoms with Crippen molar-refractivity contribution in [1.82, 2.24) is 14.9 Å². The monoisotopic (exact) mass is 278 g/mol. The van der Waals surface area contributed by atoms with Gasteiger partial charge in [0.1, 0.15) is 5.82 Å². The summed E-state index contributed by atoms with van der Waals surface area (Å²) in [6.45, 7) is 13.2. The fraction of sp³-hybridized carbons (Fsp3) is 0.733. The van der Waals surface area contributed by atoms with Gasteiger partial charge in [0.15, 0.2) is 0 Å². The van der Waals surface area contributed by atoms with Crippen molar-refractivity contribution >= 4 is 5.69 Å². The number of piperazine rings is 1. The van der Waals surface area contributed by atoms with Gasteiger partial charge in [-0.2, -0.15) is 0 Å². The molecule has 0 spiro atoms. The molecule has 0 saturated carbocycles. The molecule has 0 bridgehead atoms. The van der Waals surface area contributed by atoms with Crippen LogP contribution in [0.5, 0.6) is 0 Å². The maximum absolute atomic E-state index is 5.41. The first-order valence-electron chi connectivity index (χ1n) is 7.57. The van der Waals surface area contributed by atoms with Crippen molar-refractivity contribution in [3.8, 4) is 0 Å². The number of hydrogen-bond donors (Lipinski definition) is 0. The highest BCUT2D eigenvalue weighted by Crippen LogP contribution is 2.16. The molecule has 0 atom stereocenters. The van der Waals surface area contributed by atoms with Crippen LogP contribution < -0.4 is 4.90 Å². The van der Waals surface area contributed by atoms with E-state index in [-0.39, 0.29) is 0 Å². The van der Waals surface area contributed by atoms with Gasteiger partial charge in [0.2, 0.25) is 0 Å². The molecule has 0 radical (unpaired) electrons. The number of rotatable bonds is 6. The number of aromatic nitrogens is 2. The zero-order chi connectivity index (χ0) is 14.4. The van der Waals surface area contributed by atoms with E-state index in [0.29, 0.717) is 5.92 Å². The van der Waals surface area contributed by atoms with Crippen molar-refractivity contribution in [3.05, 3.63) is 18.2 Å². The standard InChI is InChI=1S/C15H26N4O/c1-4-20-10-9-18-5-7-19(8-6-18)14-11-16-15(13(2)3)17-12-14/h11-13H,4-10H2,1-3H3. The molecule has 5 heteroatoms. The molecule has 2 rings (SSSR count). The maximum Gasteiger partial charge on any atom is 0.130 e. The van der Waals surface area contributed by atoms with Crippen molar-refractivity contribution in [1.29, 1.82) is 0 Å². The zero-order valence-corrected chi connectivity index (χ0v) is 12.9. The van der Waals surface area contributed by atoms with Crippen LogP contribution in [0.25, 0.3) is 0 Å². The summed E-state index contributed by atoms with van der Waals surface area (Å²) in [7, 11) is 0. The molecule has 1 aliphatic rings. The fourth-order valence-electron chi connectivity index (χ4n) is 2.36. The third kappa shape index (κ3) is 4.15. The van der Waals surface area contributed by atoms with Crippen LogP contribution in [-0.4, -0.2) is 60.8 Å². The average molecular weight is 278 g/mol. The molecule has 0 amide bonds. The van der Waals surface area contributed by atoms with Crippen LogP contribution in [0.15, 0.2) is 12.4 Å². The van der Waals surface area contributed by atoms with Gasteiger partial charge in [-0.25, -0.2) is 9.97 Å². The fourth-order valence-corrected chi connectivity index (χ4v) is 2.36. The van der Waals surface area contributed by atoms with Crippen LogP contribution in [0.3, 0.4) is 0 Å². The number of ether oxygens (including phenoxy) is 1. The quantitative estimate of drug-likeness (QED) is 0.742. The van der Waals surface area contributed by atoms with Gasteiger partial charge in [0, 0.05) is 45.2 Å². The third-order valence-electron chi connectivity index (χ3n) is 3.67. The lowest BCUT2D eigenvalue weighted by Gasteiger charge is -2.35. The minimum Gasteiger partial charge on any atom is -0.380 e. The molecule has 0 aliphatic carbocycles. The zero-order valence-electron chi connectivity index (χ0n) is 12.9. The van der Waals surface area contributed by atoms with Crippen molar-refractivity contribution < 1.29 is 4.74 Å². The molecular weight excluding hydrogens is 252 g/mol. The van der Waals surface area contributed by atoms with Crippen LogP contribution in [0.2, 0.25) is 0 Å². The van der Waals surface area contributed by atoms with Crippen molar-refractivity contribution in [3.63, 3.8) is 0 Å². The van der Waals surface area contributed by atoms with E-state index in [2.05, 4.69) is 33.6 Å². The van der Waals surface area contributed by atoms with E-state index in [1.165, 1.54) is 0 Å². The maximum atomic E-state index is 5.41. The SMILES string of the molecule is CCOCCN1CCN(c2cnc(C(C)C)nc2)CC1. The van der Waals surface area contributed by atoms with E-state index in [0.717, 1.165) is 57.4 Å². The molecule has 1 aliphatic heterocycles. The van der Waals surface area contributed by atoms with Gasteiger partial charge in [-0.1, -0.05) is 13.8 Å². The Bertz CT molecular complexity index is 385. The molecule has 1 aromatic rings. The predicted molar refractivity (Wildman–Crippen MR) is 81.3 cm³/mol. The van der Waals surface area contributed by atoms with Crippen LogP contribution in [0.4, 0.5) is 5.69 Å². The summed E-state index contributed by atoms with van der Waals surface area (Å²) in [5.74, 6) is 1.31. The summed E-state index contributed by atoms with van der Waals surface area (Å²) in [6, 6.07) is 0. The predicted octanol–water partition coefficient (Wildman–Crippen LogP) is 1.76. The van der Waals surface area contributed by atoms with Gasteiger partial charge in [0.25, 0.3) is 0 Å². The number of nitrogens with zero attached hydrogens (tertiary/aromatic N) is 4. The summed E-state index contributed by atoms with van der Waals surface area (Å²) in [5.41, 5.74) is 1.14. The molecule has 112 valence electrons. The number of anilines is 1. The Morgan fingerprint density at radius 2 is 1.80 bits per heavy atom. The topological polar surface area (TPSA) is 41.5 Å². The van der Waals surface area contributed by atoms with E-state index >= 15 is 0 Å². The van der Waals surface area contributed by atoms with E-state index in [1.807, 2.05) is 19.3 Å². The van der Waals surface area contributed by atoms with Gasteiger partial charge in [-0.3, -0.25) is 4.90 Å². The highest BCUT2D eigenvalue weighted by atomic mass is 16.5. The lowest BCUT2D eigenvalue weighted by molar-refractivity contribution is 0.111. The minimum absolute atomic E-state index is 0.388. The molecule has 2 heterocycles. The number of hydrogen-bond acceptors (Lipinski definition) is 5. The lowest BCUT2D eigenvalue weighted by Crippen LogP contribution is -2.47. The van der Waals surface area contributed by atoms with E-state index < -0.39 is 0 Å². The first-order valence-corrected chi connectivity index (χ1v) is 7.57. The molecular formula is C15H26N4O. The second-order valence-corrected chi connectivity index (χ2v) is 5.48. The van der Waals surface area contributed by atoms with Gasteiger partial charge in [0.05, 0.1) is 24.7 Å². The lowest BCUT2D eigenvalue weighted by atomic mass is 10.2. The second-order valence-electron chi connectivity index (χ2n) is 5.48. The molecule has 0 N–H and O–H groups in total. The van der Waals surface area contributed by atoms with Gasteiger partial charge < -0.3 is 9.64 Å². The summed E-state index contributed by atoms with van der Waals surface area (Å²) in [5, 5.41) is 0. The molecule has 1 fully saturated rings. The van der Waals surface area contributed by atoms with Gasteiger partial charge >= 0.3 is 0 Å². The molecule has 0 aromatic carbocycles. The Morgan fingerprint density at radius 3 is 2.35 bits per heavy atom. The van der Waals surface area contributed by atoms with E-state index in [9.17, 15) is 0 Å². The molecule has 1 saturated heterocycles. The Kier molecular flexibility index (Phi) is 5.73. The summed E-state index contributed by atoms with van der Waals surface area (Å²) in [4.78, 5) is 13.7. The second kappa shape index (κ2) is 7.55. The third-order valence-corrected chi connectivity index (χ3v) is 3.67. The van der Waals surface area contributed by atoms with Crippen LogP contribution in [0, 0.1) is 0 Å². The van der Waals surface area contributed by atoms with Gasteiger partial charge in [-0.05, 0) is 6.92 Å². The minimum atomic E-state index is 0.388. The molecule has 1 aromatic heterocycles. The van der Waals surface area contributed by atoms with Crippen LogP contribution >= 0.6 is 0 Å². The Labute approximate surface area is 122 Å². The first-order chi connectivity index (χ1) is 9.70. The van der Waals surface area contributed by atoms with E-state index in [4.69, 9.17) is 4.74 Å².